The van der Waals surface area contributed by atoms with Crippen molar-refractivity contribution in [2.75, 3.05) is 0 Å². The lowest BCUT2D eigenvalue weighted by atomic mass is 10.0. The molecule has 0 saturated heterocycles. The van der Waals surface area contributed by atoms with E-state index in [0.29, 0.717) is 0 Å². The van der Waals surface area contributed by atoms with Crippen LogP contribution in [-0.2, 0) is 27.5 Å². The highest BCUT2D eigenvalue weighted by atomic mass is 32.2. The van der Waals surface area contributed by atoms with E-state index in [1.165, 1.54) is 12.1 Å². The molecular formula is C17H18O3S. The minimum absolute atomic E-state index is 0.0621. The van der Waals surface area contributed by atoms with Crippen LogP contribution in [0, 0.1) is 6.92 Å². The standard InChI is InChI=1S/C17H18O3S/c1-3-14-6-4-5-7-15(14)12-17(18)21(19,20)16-10-8-13(2)9-11-16/h4-11H,3,12H2,1-2H3. The molecule has 0 saturated carbocycles. The van der Waals surface area contributed by atoms with E-state index in [9.17, 15) is 13.2 Å². The molecule has 3 nitrogen and oxygen atoms in total. The van der Waals surface area contributed by atoms with E-state index in [1.54, 1.807) is 18.2 Å². The second-order valence-electron chi connectivity index (χ2n) is 4.99. The Morgan fingerprint density at radius 2 is 1.52 bits per heavy atom. The maximum absolute atomic E-state index is 12.3. The lowest BCUT2D eigenvalue weighted by Gasteiger charge is -2.08. The number of sulfone groups is 1. The molecule has 0 aliphatic carbocycles. The predicted octanol–water partition coefficient (Wildman–Crippen LogP) is 3.10. The number of benzene rings is 2. The minimum atomic E-state index is -3.92. The molecule has 0 atom stereocenters. The third-order valence-electron chi connectivity index (χ3n) is 3.47. The van der Waals surface area contributed by atoms with Gasteiger partial charge >= 0.3 is 0 Å². The van der Waals surface area contributed by atoms with E-state index in [0.717, 1.165) is 23.1 Å². The molecule has 0 amide bonds. The Kier molecular flexibility index (Phi) is 4.58. The number of hydrogen-bond donors (Lipinski definition) is 0. The molecular weight excluding hydrogens is 284 g/mol. The fourth-order valence-corrected chi connectivity index (χ4v) is 3.28. The molecule has 0 fully saturated rings. The fraction of sp³-hybridized carbons (Fsp3) is 0.235. The van der Waals surface area contributed by atoms with Crippen molar-refractivity contribution in [1.29, 1.82) is 0 Å². The highest BCUT2D eigenvalue weighted by Gasteiger charge is 2.25. The largest absolute Gasteiger partial charge is 0.281 e. The van der Waals surface area contributed by atoms with Crippen molar-refractivity contribution in [2.45, 2.75) is 31.6 Å². The summed E-state index contributed by atoms with van der Waals surface area (Å²) in [4.78, 5) is 12.3. The maximum atomic E-state index is 12.3. The van der Waals surface area contributed by atoms with Crippen LogP contribution in [-0.4, -0.2) is 13.5 Å². The lowest BCUT2D eigenvalue weighted by molar-refractivity contribution is -0.111. The van der Waals surface area contributed by atoms with Gasteiger partial charge in [-0.25, -0.2) is 8.42 Å². The lowest BCUT2D eigenvalue weighted by Crippen LogP contribution is -2.18. The van der Waals surface area contributed by atoms with Crippen LogP contribution in [0.5, 0.6) is 0 Å². The molecule has 2 aromatic rings. The van der Waals surface area contributed by atoms with Crippen LogP contribution < -0.4 is 0 Å². The molecule has 0 bridgehead atoms. The van der Waals surface area contributed by atoms with E-state index in [4.69, 9.17) is 0 Å². The SMILES string of the molecule is CCc1ccccc1CC(=O)S(=O)(=O)c1ccc(C)cc1. The van der Waals surface area contributed by atoms with Crippen LogP contribution in [0.25, 0.3) is 0 Å². The van der Waals surface area contributed by atoms with Crippen LogP contribution in [0.3, 0.4) is 0 Å². The minimum Gasteiger partial charge on any atom is -0.281 e. The second kappa shape index (κ2) is 6.22. The molecule has 4 heteroatoms. The van der Waals surface area contributed by atoms with E-state index >= 15 is 0 Å². The Bertz CT molecular complexity index is 744. The molecule has 0 N–H and O–H groups in total. The van der Waals surface area contributed by atoms with Gasteiger partial charge in [0.2, 0.25) is 9.84 Å². The Hall–Kier alpha value is -1.94. The summed E-state index contributed by atoms with van der Waals surface area (Å²) in [5.41, 5.74) is 2.74. The number of carbonyl (C=O) groups excluding carboxylic acids is 1. The highest BCUT2D eigenvalue weighted by Crippen LogP contribution is 2.17. The molecule has 0 aromatic heterocycles. The van der Waals surface area contributed by atoms with Gasteiger partial charge in [0.05, 0.1) is 4.90 Å². The van der Waals surface area contributed by atoms with Gasteiger partial charge in [0.1, 0.15) is 0 Å². The van der Waals surface area contributed by atoms with Gasteiger partial charge in [-0.15, -0.1) is 0 Å². The van der Waals surface area contributed by atoms with Crippen LogP contribution in [0.15, 0.2) is 53.4 Å². The monoisotopic (exact) mass is 302 g/mol. The van der Waals surface area contributed by atoms with Crippen molar-refractivity contribution in [1.82, 2.24) is 0 Å². The van der Waals surface area contributed by atoms with Crippen molar-refractivity contribution >= 4 is 15.0 Å². The van der Waals surface area contributed by atoms with E-state index in [-0.39, 0.29) is 11.3 Å². The molecule has 2 aromatic carbocycles. The fourth-order valence-electron chi connectivity index (χ4n) is 2.17. The van der Waals surface area contributed by atoms with E-state index < -0.39 is 15.0 Å². The van der Waals surface area contributed by atoms with Gasteiger partial charge < -0.3 is 0 Å². The molecule has 0 heterocycles. The first-order valence-corrected chi connectivity index (χ1v) is 8.35. The van der Waals surface area contributed by atoms with Crippen LogP contribution in [0.2, 0.25) is 0 Å². The number of hydrogen-bond acceptors (Lipinski definition) is 3. The normalized spacial score (nSPS) is 11.3. The van der Waals surface area contributed by atoms with Crippen LogP contribution in [0.4, 0.5) is 0 Å². The van der Waals surface area contributed by atoms with Crippen molar-refractivity contribution in [3.05, 3.63) is 65.2 Å². The zero-order valence-corrected chi connectivity index (χ0v) is 13.0. The molecule has 0 aliphatic rings. The average Bonchev–Trinajstić information content (AvgIpc) is 2.48. The van der Waals surface area contributed by atoms with Crippen LogP contribution >= 0.6 is 0 Å². The Morgan fingerprint density at radius 3 is 2.10 bits per heavy atom. The number of aryl methyl sites for hydroxylation is 2. The third-order valence-corrected chi connectivity index (χ3v) is 5.10. The summed E-state index contributed by atoms with van der Waals surface area (Å²) >= 11 is 0. The van der Waals surface area contributed by atoms with Crippen molar-refractivity contribution in [3.63, 3.8) is 0 Å². The van der Waals surface area contributed by atoms with Gasteiger partial charge in [0.25, 0.3) is 5.12 Å². The summed E-state index contributed by atoms with van der Waals surface area (Å²) in [6.45, 7) is 3.85. The van der Waals surface area contributed by atoms with E-state index in [1.807, 2.05) is 32.0 Å². The first kappa shape index (κ1) is 15.4. The molecule has 0 spiro atoms. The van der Waals surface area contributed by atoms with Crippen molar-refractivity contribution < 1.29 is 13.2 Å². The van der Waals surface area contributed by atoms with Gasteiger partial charge in [-0.2, -0.15) is 0 Å². The average molecular weight is 302 g/mol. The number of carbonyl (C=O) groups is 1. The first-order valence-electron chi connectivity index (χ1n) is 6.86. The molecule has 21 heavy (non-hydrogen) atoms. The van der Waals surface area contributed by atoms with Gasteiger partial charge in [-0.05, 0) is 36.6 Å². The Balaban J connectivity index is 2.29. The zero-order valence-electron chi connectivity index (χ0n) is 12.2. The predicted molar refractivity (Wildman–Crippen MR) is 82.9 cm³/mol. The third kappa shape index (κ3) is 3.39. The Morgan fingerprint density at radius 1 is 0.952 bits per heavy atom. The number of rotatable bonds is 4. The molecule has 110 valence electrons. The summed E-state index contributed by atoms with van der Waals surface area (Å²) in [5, 5.41) is -0.757. The summed E-state index contributed by atoms with van der Waals surface area (Å²) in [5.74, 6) is 0. The quantitative estimate of drug-likeness (QED) is 0.872. The first-order chi connectivity index (χ1) is 9.95. The summed E-state index contributed by atoms with van der Waals surface area (Å²) in [6, 6.07) is 13.8. The molecule has 0 unspecified atom stereocenters. The topological polar surface area (TPSA) is 51.2 Å². The molecule has 0 aliphatic heterocycles. The van der Waals surface area contributed by atoms with Crippen LogP contribution in [0.1, 0.15) is 23.6 Å². The molecule has 0 radical (unpaired) electrons. The van der Waals surface area contributed by atoms with Gasteiger partial charge in [-0.3, -0.25) is 4.79 Å². The maximum Gasteiger partial charge on any atom is 0.255 e. The Labute approximate surface area is 125 Å². The summed E-state index contributed by atoms with van der Waals surface area (Å²) < 4.78 is 24.6. The van der Waals surface area contributed by atoms with Crippen molar-refractivity contribution in [3.8, 4) is 0 Å². The van der Waals surface area contributed by atoms with Gasteiger partial charge in [-0.1, -0.05) is 48.9 Å². The summed E-state index contributed by atoms with van der Waals surface area (Å²) in [7, 11) is -3.92. The van der Waals surface area contributed by atoms with Gasteiger partial charge in [0, 0.05) is 6.42 Å². The smallest absolute Gasteiger partial charge is 0.255 e. The van der Waals surface area contributed by atoms with Gasteiger partial charge in [0.15, 0.2) is 0 Å². The highest BCUT2D eigenvalue weighted by molar-refractivity contribution is 8.06. The van der Waals surface area contributed by atoms with E-state index in [2.05, 4.69) is 0 Å². The zero-order chi connectivity index (χ0) is 15.5. The summed E-state index contributed by atoms with van der Waals surface area (Å²) in [6.07, 6.45) is 0.689. The van der Waals surface area contributed by atoms with Crippen molar-refractivity contribution in [2.24, 2.45) is 0 Å². The molecule has 2 rings (SSSR count). The second-order valence-corrected chi connectivity index (χ2v) is 6.92.